The van der Waals surface area contributed by atoms with E-state index in [-0.39, 0.29) is 11.7 Å². The lowest BCUT2D eigenvalue weighted by Crippen LogP contribution is -2.25. The summed E-state index contributed by atoms with van der Waals surface area (Å²) in [6.07, 6.45) is 2.29. The molecule has 0 radical (unpaired) electrons. The van der Waals surface area contributed by atoms with Gasteiger partial charge < -0.3 is 10.2 Å². The smallest absolute Gasteiger partial charge is 0.232 e. The van der Waals surface area contributed by atoms with Crippen LogP contribution >= 0.6 is 23.4 Å². The van der Waals surface area contributed by atoms with Crippen LogP contribution in [0.5, 0.6) is 0 Å². The zero-order valence-electron chi connectivity index (χ0n) is 15.9. The van der Waals surface area contributed by atoms with E-state index in [1.54, 1.807) is 0 Å². The molecule has 0 bridgehead atoms. The Labute approximate surface area is 179 Å². The molecule has 6 nitrogen and oxygen atoms in total. The SMILES string of the molecule is O=C(CSc1nnc(N2CCCC2)n1-c1cccc(Cl)c1)NCc1ccccc1. The number of nitrogens with one attached hydrogen (secondary N) is 1. The second-order valence-corrected chi connectivity index (χ2v) is 8.22. The lowest BCUT2D eigenvalue weighted by Gasteiger charge is -2.18. The maximum Gasteiger partial charge on any atom is 0.232 e. The number of carbonyl (C=O) groups excluding carboxylic acids is 1. The topological polar surface area (TPSA) is 63.1 Å². The van der Waals surface area contributed by atoms with E-state index in [0.29, 0.717) is 16.7 Å². The van der Waals surface area contributed by atoms with E-state index >= 15 is 0 Å². The number of rotatable bonds is 7. The first kappa shape index (κ1) is 19.8. The van der Waals surface area contributed by atoms with Crippen molar-refractivity contribution >= 4 is 35.2 Å². The fourth-order valence-electron chi connectivity index (χ4n) is 3.30. The zero-order chi connectivity index (χ0) is 20.1. The van der Waals surface area contributed by atoms with Crippen LogP contribution in [0.15, 0.2) is 59.8 Å². The third kappa shape index (κ3) is 4.92. The van der Waals surface area contributed by atoms with Gasteiger partial charge in [0.05, 0.1) is 11.4 Å². The monoisotopic (exact) mass is 427 g/mol. The van der Waals surface area contributed by atoms with E-state index in [2.05, 4.69) is 20.4 Å². The van der Waals surface area contributed by atoms with Crippen molar-refractivity contribution in [1.82, 2.24) is 20.1 Å². The second kappa shape index (κ2) is 9.33. The van der Waals surface area contributed by atoms with Gasteiger partial charge >= 0.3 is 0 Å². The Hall–Kier alpha value is -2.51. The molecule has 1 N–H and O–H groups in total. The van der Waals surface area contributed by atoms with E-state index in [4.69, 9.17) is 11.6 Å². The number of thioether (sulfide) groups is 1. The molecule has 29 heavy (non-hydrogen) atoms. The van der Waals surface area contributed by atoms with Gasteiger partial charge in [0.25, 0.3) is 0 Å². The fraction of sp³-hybridized carbons (Fsp3) is 0.286. The largest absolute Gasteiger partial charge is 0.351 e. The molecule has 2 aromatic carbocycles. The average Bonchev–Trinajstić information content (AvgIpc) is 3.41. The average molecular weight is 428 g/mol. The minimum absolute atomic E-state index is 0.0396. The molecule has 3 aromatic rings. The molecule has 1 aromatic heterocycles. The maximum atomic E-state index is 12.3. The van der Waals surface area contributed by atoms with Crippen molar-refractivity contribution in [2.75, 3.05) is 23.7 Å². The molecule has 2 heterocycles. The first-order valence-electron chi connectivity index (χ1n) is 9.60. The zero-order valence-corrected chi connectivity index (χ0v) is 17.5. The number of benzene rings is 2. The summed E-state index contributed by atoms with van der Waals surface area (Å²) in [5.74, 6) is 1.03. The molecule has 4 rings (SSSR count). The van der Waals surface area contributed by atoms with E-state index < -0.39 is 0 Å². The van der Waals surface area contributed by atoms with Gasteiger partial charge in [-0.05, 0) is 36.6 Å². The highest BCUT2D eigenvalue weighted by Crippen LogP contribution is 2.29. The molecule has 1 amide bonds. The van der Waals surface area contributed by atoms with Gasteiger partial charge in [-0.25, -0.2) is 0 Å². The van der Waals surface area contributed by atoms with Gasteiger partial charge in [-0.3, -0.25) is 9.36 Å². The summed E-state index contributed by atoms with van der Waals surface area (Å²) in [5, 5.41) is 13.1. The number of halogens is 1. The summed E-state index contributed by atoms with van der Waals surface area (Å²) < 4.78 is 1.99. The molecule has 1 aliphatic heterocycles. The third-order valence-corrected chi connectivity index (χ3v) is 5.90. The van der Waals surface area contributed by atoms with Crippen LogP contribution < -0.4 is 10.2 Å². The summed E-state index contributed by atoms with van der Waals surface area (Å²) >= 11 is 7.59. The fourth-order valence-corrected chi connectivity index (χ4v) is 4.26. The van der Waals surface area contributed by atoms with Crippen LogP contribution in [0.25, 0.3) is 5.69 Å². The van der Waals surface area contributed by atoms with Gasteiger partial charge in [0, 0.05) is 24.7 Å². The van der Waals surface area contributed by atoms with Crippen LogP contribution in [-0.2, 0) is 11.3 Å². The normalized spacial score (nSPS) is 13.6. The quantitative estimate of drug-likeness (QED) is 0.579. The molecule has 0 saturated carbocycles. The molecular formula is C21H22ClN5OS. The number of aromatic nitrogens is 3. The van der Waals surface area contributed by atoms with E-state index in [0.717, 1.165) is 43.1 Å². The lowest BCUT2D eigenvalue weighted by atomic mass is 10.2. The number of hydrogen-bond donors (Lipinski definition) is 1. The summed E-state index contributed by atoms with van der Waals surface area (Å²) in [5.41, 5.74) is 1.97. The van der Waals surface area contributed by atoms with Crippen molar-refractivity contribution in [2.45, 2.75) is 24.5 Å². The van der Waals surface area contributed by atoms with Gasteiger partial charge in [0.15, 0.2) is 5.16 Å². The number of anilines is 1. The van der Waals surface area contributed by atoms with Crippen molar-refractivity contribution in [1.29, 1.82) is 0 Å². The highest BCUT2D eigenvalue weighted by molar-refractivity contribution is 7.99. The van der Waals surface area contributed by atoms with Crippen LogP contribution in [0.3, 0.4) is 0 Å². The van der Waals surface area contributed by atoms with Crippen LogP contribution in [0.2, 0.25) is 5.02 Å². The molecule has 1 aliphatic rings. The molecule has 150 valence electrons. The highest BCUT2D eigenvalue weighted by Gasteiger charge is 2.23. The summed E-state index contributed by atoms with van der Waals surface area (Å²) in [4.78, 5) is 14.6. The molecule has 1 saturated heterocycles. The second-order valence-electron chi connectivity index (χ2n) is 6.84. The summed E-state index contributed by atoms with van der Waals surface area (Å²) in [6, 6.07) is 17.5. The van der Waals surface area contributed by atoms with E-state index in [9.17, 15) is 4.79 Å². The Balaban J connectivity index is 1.48. The predicted octanol–water partition coefficient (Wildman–Crippen LogP) is 3.93. The van der Waals surface area contributed by atoms with Crippen molar-refractivity contribution in [3.05, 3.63) is 65.2 Å². The molecular weight excluding hydrogens is 406 g/mol. The number of carbonyl (C=O) groups is 1. The molecule has 0 unspecified atom stereocenters. The molecule has 0 atom stereocenters. The third-order valence-electron chi connectivity index (χ3n) is 4.74. The van der Waals surface area contributed by atoms with Gasteiger partial charge in [-0.2, -0.15) is 0 Å². The molecule has 0 spiro atoms. The van der Waals surface area contributed by atoms with Crippen LogP contribution in [-0.4, -0.2) is 39.5 Å². The van der Waals surface area contributed by atoms with Crippen molar-refractivity contribution in [3.63, 3.8) is 0 Å². The standard InChI is InChI=1S/C21H22ClN5OS/c22-17-9-6-10-18(13-17)27-20(26-11-4-5-12-26)24-25-21(27)29-15-19(28)23-14-16-7-2-1-3-8-16/h1-3,6-10,13H,4-5,11-12,14-15H2,(H,23,28). The van der Waals surface area contributed by atoms with Crippen molar-refractivity contribution in [2.24, 2.45) is 0 Å². The number of hydrogen-bond acceptors (Lipinski definition) is 5. The maximum absolute atomic E-state index is 12.3. The predicted molar refractivity (Wildman–Crippen MR) is 117 cm³/mol. The van der Waals surface area contributed by atoms with Gasteiger partial charge in [0.1, 0.15) is 0 Å². The van der Waals surface area contributed by atoms with E-state index in [1.807, 2.05) is 59.2 Å². The minimum atomic E-state index is -0.0396. The van der Waals surface area contributed by atoms with Crippen LogP contribution in [0.4, 0.5) is 5.95 Å². The Kier molecular flexibility index (Phi) is 6.36. The van der Waals surface area contributed by atoms with Crippen molar-refractivity contribution in [3.8, 4) is 5.69 Å². The van der Waals surface area contributed by atoms with Gasteiger partial charge in [-0.15, -0.1) is 10.2 Å². The van der Waals surface area contributed by atoms with Gasteiger partial charge in [-0.1, -0.05) is 59.8 Å². The first-order valence-corrected chi connectivity index (χ1v) is 11.0. The van der Waals surface area contributed by atoms with Crippen molar-refractivity contribution < 1.29 is 4.79 Å². The Bertz CT molecular complexity index is 972. The molecule has 1 fully saturated rings. The minimum Gasteiger partial charge on any atom is -0.351 e. The van der Waals surface area contributed by atoms with Crippen LogP contribution in [0.1, 0.15) is 18.4 Å². The molecule has 8 heteroatoms. The summed E-state index contributed by atoms with van der Waals surface area (Å²) in [7, 11) is 0. The molecule has 0 aliphatic carbocycles. The van der Waals surface area contributed by atoms with E-state index in [1.165, 1.54) is 11.8 Å². The number of nitrogens with zero attached hydrogens (tertiary/aromatic N) is 4. The Morgan fingerprint density at radius 3 is 2.62 bits per heavy atom. The van der Waals surface area contributed by atoms with Crippen LogP contribution in [0, 0.1) is 0 Å². The number of amides is 1. The Morgan fingerprint density at radius 2 is 1.86 bits per heavy atom. The lowest BCUT2D eigenvalue weighted by molar-refractivity contribution is -0.118. The first-order chi connectivity index (χ1) is 14.2. The summed E-state index contributed by atoms with van der Waals surface area (Å²) in [6.45, 7) is 2.43. The highest BCUT2D eigenvalue weighted by atomic mass is 35.5. The Morgan fingerprint density at radius 1 is 1.07 bits per heavy atom. The van der Waals surface area contributed by atoms with Gasteiger partial charge in [0.2, 0.25) is 11.9 Å².